The van der Waals surface area contributed by atoms with Crippen LogP contribution in [0.1, 0.15) is 18.4 Å². The highest BCUT2D eigenvalue weighted by Gasteiger charge is 2.36. The Morgan fingerprint density at radius 1 is 1.22 bits per heavy atom. The monoisotopic (exact) mass is 379 g/mol. The molecule has 4 rings (SSSR count). The van der Waals surface area contributed by atoms with Gasteiger partial charge in [0.1, 0.15) is 11.5 Å². The molecule has 2 N–H and O–H groups in total. The van der Waals surface area contributed by atoms with Crippen molar-refractivity contribution in [3.63, 3.8) is 0 Å². The Labute approximate surface area is 152 Å². The lowest BCUT2D eigenvalue weighted by Crippen LogP contribution is -2.49. The van der Waals surface area contributed by atoms with Gasteiger partial charge in [-0.2, -0.15) is 0 Å². The van der Waals surface area contributed by atoms with Crippen LogP contribution in [0.5, 0.6) is 0 Å². The van der Waals surface area contributed by atoms with Crippen LogP contribution in [0.25, 0.3) is 17.0 Å². The van der Waals surface area contributed by atoms with Gasteiger partial charge in [0.25, 0.3) is 12.3 Å². The van der Waals surface area contributed by atoms with Crippen molar-refractivity contribution in [2.24, 2.45) is 0 Å². The zero-order chi connectivity index (χ0) is 19.0. The number of pyridine rings is 2. The van der Waals surface area contributed by atoms with Gasteiger partial charge >= 0.3 is 0 Å². The van der Waals surface area contributed by atoms with Crippen molar-refractivity contribution >= 4 is 11.5 Å². The Hall–Kier alpha value is -2.68. The number of alkyl halides is 4. The number of halogens is 4. The molecule has 0 aliphatic carbocycles. The Bertz CT molecular complexity index is 956. The predicted octanol–water partition coefficient (Wildman–Crippen LogP) is 3.74. The molecule has 0 saturated carbocycles. The molecule has 3 aromatic rings. The fraction of sp³-hybridized carbons (Fsp3) is 0.333. The normalized spacial score (nSPS) is 19.5. The molecule has 4 heterocycles. The van der Waals surface area contributed by atoms with Crippen molar-refractivity contribution in [3.05, 3.63) is 48.3 Å². The molecule has 0 amide bonds. The van der Waals surface area contributed by atoms with Crippen LogP contribution in [0.3, 0.4) is 0 Å². The molecule has 1 atom stereocenters. The van der Waals surface area contributed by atoms with Gasteiger partial charge < -0.3 is 10.6 Å². The van der Waals surface area contributed by atoms with E-state index in [1.54, 1.807) is 28.8 Å². The Morgan fingerprint density at radius 3 is 2.85 bits per heavy atom. The van der Waals surface area contributed by atoms with Crippen molar-refractivity contribution in [1.82, 2.24) is 19.7 Å². The lowest BCUT2D eigenvalue weighted by Gasteiger charge is -2.30. The zero-order valence-corrected chi connectivity index (χ0v) is 14.2. The molecular weight excluding hydrogens is 362 g/mol. The molecule has 0 radical (unpaired) electrons. The summed E-state index contributed by atoms with van der Waals surface area (Å²) in [5.41, 5.74) is 1.45. The van der Waals surface area contributed by atoms with Gasteiger partial charge in [0.2, 0.25) is 0 Å². The third-order valence-corrected chi connectivity index (χ3v) is 4.46. The first-order chi connectivity index (χ1) is 12.9. The smallest absolute Gasteiger partial charge is 0.265 e. The van der Waals surface area contributed by atoms with E-state index in [4.69, 9.17) is 0 Å². The number of fused-ring (bicyclic) bond motifs is 1. The lowest BCUT2D eigenvalue weighted by atomic mass is 10.0. The maximum absolute atomic E-state index is 13.5. The van der Waals surface area contributed by atoms with E-state index >= 15 is 0 Å². The molecule has 142 valence electrons. The first-order valence-corrected chi connectivity index (χ1v) is 8.49. The number of aromatic nitrogens is 3. The molecule has 1 aliphatic heterocycles. The van der Waals surface area contributed by atoms with Crippen molar-refractivity contribution in [1.29, 1.82) is 0 Å². The molecule has 1 aliphatic rings. The molecule has 5 nitrogen and oxygen atoms in total. The first-order valence-electron chi connectivity index (χ1n) is 8.49. The van der Waals surface area contributed by atoms with Crippen LogP contribution in [0.4, 0.5) is 23.4 Å². The number of rotatable bonds is 4. The summed E-state index contributed by atoms with van der Waals surface area (Å²) in [6, 6.07) is 7.53. The largest absolute Gasteiger partial charge is 0.366 e. The van der Waals surface area contributed by atoms with E-state index in [-0.39, 0.29) is 18.5 Å². The highest BCUT2D eigenvalue weighted by atomic mass is 19.3. The molecule has 3 aromatic heterocycles. The Morgan fingerprint density at radius 2 is 2.07 bits per heavy atom. The predicted molar refractivity (Wildman–Crippen MR) is 93.2 cm³/mol. The van der Waals surface area contributed by atoms with Crippen LogP contribution in [0.2, 0.25) is 0 Å². The fourth-order valence-corrected chi connectivity index (χ4v) is 3.22. The standard InChI is InChI=1S/C18H17F4N5/c19-17(20)11-4-5-16-24-8-14(27(16)9-11)13-2-1-3-15(26-13)25-12-6-18(21,22)10-23-7-12/h1-5,8-9,12,17,23H,6-7,10H2,(H,25,26). The number of piperidine rings is 1. The SMILES string of the molecule is FC(F)c1ccc2ncc(-c3cccc(NC4CNCC(F)(F)C4)n3)n2c1. The van der Waals surface area contributed by atoms with E-state index in [0.717, 1.165) is 0 Å². The van der Waals surface area contributed by atoms with Gasteiger partial charge in [0.05, 0.1) is 24.1 Å². The number of nitrogens with zero attached hydrogens (tertiary/aromatic N) is 3. The summed E-state index contributed by atoms with van der Waals surface area (Å²) in [6.07, 6.45) is 0.00762. The van der Waals surface area contributed by atoms with Crippen LogP contribution in [0.15, 0.2) is 42.7 Å². The molecule has 1 unspecified atom stereocenters. The highest BCUT2D eigenvalue weighted by Crippen LogP contribution is 2.26. The number of hydrogen-bond acceptors (Lipinski definition) is 4. The maximum atomic E-state index is 13.5. The molecule has 0 spiro atoms. The van der Waals surface area contributed by atoms with E-state index in [9.17, 15) is 17.6 Å². The Balaban J connectivity index is 1.63. The van der Waals surface area contributed by atoms with E-state index in [1.807, 2.05) is 0 Å². The van der Waals surface area contributed by atoms with Crippen LogP contribution < -0.4 is 10.6 Å². The summed E-state index contributed by atoms with van der Waals surface area (Å²) in [5, 5.41) is 5.72. The summed E-state index contributed by atoms with van der Waals surface area (Å²) in [4.78, 5) is 8.66. The van der Waals surface area contributed by atoms with Gasteiger partial charge in [0, 0.05) is 30.8 Å². The van der Waals surface area contributed by atoms with Crippen molar-refractivity contribution in [2.45, 2.75) is 24.8 Å². The van der Waals surface area contributed by atoms with Crippen LogP contribution >= 0.6 is 0 Å². The second-order valence-corrected chi connectivity index (χ2v) is 6.58. The minimum atomic E-state index is -2.76. The van der Waals surface area contributed by atoms with Crippen molar-refractivity contribution < 1.29 is 17.6 Å². The van der Waals surface area contributed by atoms with E-state index in [1.165, 1.54) is 18.3 Å². The number of anilines is 1. The summed E-state index contributed by atoms with van der Waals surface area (Å²) < 4.78 is 54.6. The van der Waals surface area contributed by atoms with Crippen LogP contribution in [-0.4, -0.2) is 39.4 Å². The van der Waals surface area contributed by atoms with Gasteiger partial charge in [0.15, 0.2) is 0 Å². The van der Waals surface area contributed by atoms with E-state index in [2.05, 4.69) is 20.6 Å². The lowest BCUT2D eigenvalue weighted by molar-refractivity contribution is -0.0244. The minimum absolute atomic E-state index is 0.119. The molecule has 1 saturated heterocycles. The van der Waals surface area contributed by atoms with Crippen LogP contribution in [-0.2, 0) is 0 Å². The summed E-state index contributed by atoms with van der Waals surface area (Å²) in [7, 11) is 0. The topological polar surface area (TPSA) is 54.2 Å². The number of nitrogens with one attached hydrogen (secondary N) is 2. The fourth-order valence-electron chi connectivity index (χ4n) is 3.22. The number of hydrogen-bond donors (Lipinski definition) is 2. The first kappa shape index (κ1) is 17.7. The molecule has 27 heavy (non-hydrogen) atoms. The third-order valence-electron chi connectivity index (χ3n) is 4.46. The summed E-state index contributed by atoms with van der Waals surface area (Å²) in [6.45, 7) is 0.0851. The highest BCUT2D eigenvalue weighted by molar-refractivity contribution is 5.62. The van der Waals surface area contributed by atoms with Crippen molar-refractivity contribution in [2.75, 3.05) is 18.4 Å². The van der Waals surface area contributed by atoms with Gasteiger partial charge in [-0.05, 0) is 24.3 Å². The molecule has 1 fully saturated rings. The molecular formula is C18H17F4N5. The second kappa shape index (κ2) is 6.80. The van der Waals surface area contributed by atoms with Crippen LogP contribution in [0, 0.1) is 0 Å². The second-order valence-electron chi connectivity index (χ2n) is 6.58. The van der Waals surface area contributed by atoms with E-state index < -0.39 is 18.4 Å². The zero-order valence-electron chi connectivity index (χ0n) is 14.2. The minimum Gasteiger partial charge on any atom is -0.366 e. The van der Waals surface area contributed by atoms with E-state index in [0.29, 0.717) is 29.4 Å². The summed E-state index contributed by atoms with van der Waals surface area (Å²) >= 11 is 0. The average molecular weight is 379 g/mol. The van der Waals surface area contributed by atoms with Gasteiger partial charge in [-0.25, -0.2) is 27.5 Å². The molecule has 0 bridgehead atoms. The quantitative estimate of drug-likeness (QED) is 0.678. The van der Waals surface area contributed by atoms with Gasteiger partial charge in [-0.3, -0.25) is 4.40 Å². The molecule has 9 heteroatoms. The molecule has 0 aromatic carbocycles. The van der Waals surface area contributed by atoms with Crippen molar-refractivity contribution in [3.8, 4) is 11.4 Å². The maximum Gasteiger partial charge on any atom is 0.265 e. The van der Waals surface area contributed by atoms with Gasteiger partial charge in [-0.15, -0.1) is 0 Å². The third kappa shape index (κ3) is 3.73. The summed E-state index contributed by atoms with van der Waals surface area (Å²) in [5.74, 6) is -2.32. The average Bonchev–Trinajstić information content (AvgIpc) is 3.04. The Kier molecular flexibility index (Phi) is 4.47. The van der Waals surface area contributed by atoms with Gasteiger partial charge in [-0.1, -0.05) is 6.07 Å². The number of imidazole rings is 1.